The third-order valence-corrected chi connectivity index (χ3v) is 5.31. The molecule has 0 heterocycles. The number of nitrogens with two attached hydrogens (primary N) is 1. The van der Waals surface area contributed by atoms with Gasteiger partial charge in [-0.1, -0.05) is 26.2 Å². The highest BCUT2D eigenvalue weighted by molar-refractivity contribution is 7.99. The molecule has 0 bridgehead atoms. The minimum atomic E-state index is -0.427. The number of primary amides is 1. The van der Waals surface area contributed by atoms with E-state index in [0.717, 1.165) is 31.4 Å². The van der Waals surface area contributed by atoms with Crippen molar-refractivity contribution >= 4 is 17.7 Å². The molecule has 2 atom stereocenters. The van der Waals surface area contributed by atoms with Gasteiger partial charge in [0.25, 0.3) is 0 Å². The van der Waals surface area contributed by atoms with E-state index in [1.54, 1.807) is 0 Å². The molecular formula is C14H28N2OS. The molecule has 3 N–H and O–H groups in total. The predicted molar refractivity (Wildman–Crippen MR) is 79.8 cm³/mol. The fourth-order valence-electron chi connectivity index (χ4n) is 3.03. The van der Waals surface area contributed by atoms with Crippen LogP contribution in [-0.2, 0) is 4.79 Å². The van der Waals surface area contributed by atoms with E-state index < -0.39 is 5.54 Å². The minimum Gasteiger partial charge on any atom is -0.368 e. The van der Waals surface area contributed by atoms with Gasteiger partial charge in [0.05, 0.1) is 0 Å². The highest BCUT2D eigenvalue weighted by atomic mass is 32.2. The Labute approximate surface area is 116 Å². The molecule has 0 aliphatic heterocycles. The summed E-state index contributed by atoms with van der Waals surface area (Å²) >= 11 is 2.02. The van der Waals surface area contributed by atoms with Crippen molar-refractivity contribution in [2.45, 2.75) is 57.4 Å². The molecule has 18 heavy (non-hydrogen) atoms. The lowest BCUT2D eigenvalue weighted by Crippen LogP contribution is -2.56. The van der Waals surface area contributed by atoms with Crippen LogP contribution in [0.5, 0.6) is 0 Å². The van der Waals surface area contributed by atoms with Crippen molar-refractivity contribution in [3.63, 3.8) is 0 Å². The molecule has 1 aliphatic carbocycles. The summed E-state index contributed by atoms with van der Waals surface area (Å²) in [6.45, 7) is 2.23. The van der Waals surface area contributed by atoms with Gasteiger partial charge in [-0.15, -0.1) is 0 Å². The summed E-state index contributed by atoms with van der Waals surface area (Å²) in [5, 5.41) is 3.20. The van der Waals surface area contributed by atoms with Crippen LogP contribution in [0.2, 0.25) is 0 Å². The highest BCUT2D eigenvalue weighted by Gasteiger charge is 2.45. The lowest BCUT2D eigenvalue weighted by Gasteiger charge is -2.32. The number of hydrogen-bond acceptors (Lipinski definition) is 3. The molecule has 0 radical (unpaired) electrons. The normalized spacial score (nSPS) is 27.6. The van der Waals surface area contributed by atoms with Gasteiger partial charge in [0.2, 0.25) is 5.91 Å². The zero-order valence-electron chi connectivity index (χ0n) is 11.8. The zero-order valence-corrected chi connectivity index (χ0v) is 12.7. The fraction of sp³-hybridized carbons (Fsp3) is 0.929. The maximum absolute atomic E-state index is 11.7. The van der Waals surface area contributed by atoms with E-state index in [1.165, 1.54) is 25.0 Å². The number of carbonyl (C=O) groups is 1. The molecule has 1 aliphatic rings. The molecule has 4 heteroatoms. The van der Waals surface area contributed by atoms with Crippen molar-refractivity contribution in [3.8, 4) is 0 Å². The van der Waals surface area contributed by atoms with Crippen LogP contribution in [0.25, 0.3) is 0 Å². The smallest absolute Gasteiger partial charge is 0.238 e. The Hall–Kier alpha value is -0.220. The van der Waals surface area contributed by atoms with Crippen LogP contribution in [-0.4, -0.2) is 30.0 Å². The van der Waals surface area contributed by atoms with Gasteiger partial charge in [-0.2, -0.15) is 11.8 Å². The Morgan fingerprint density at radius 2 is 2.22 bits per heavy atom. The molecule has 0 aromatic carbocycles. The number of unbranched alkanes of at least 4 members (excludes halogenated alkanes) is 2. The van der Waals surface area contributed by atoms with Crippen molar-refractivity contribution in [1.29, 1.82) is 0 Å². The fourth-order valence-corrected chi connectivity index (χ4v) is 4.09. The van der Waals surface area contributed by atoms with E-state index >= 15 is 0 Å². The van der Waals surface area contributed by atoms with Crippen molar-refractivity contribution in [2.75, 3.05) is 18.6 Å². The largest absolute Gasteiger partial charge is 0.368 e. The Balaban J connectivity index is 2.30. The molecule has 3 nitrogen and oxygen atoms in total. The first-order valence-corrected chi connectivity index (χ1v) is 8.39. The van der Waals surface area contributed by atoms with Gasteiger partial charge < -0.3 is 11.1 Å². The summed E-state index contributed by atoms with van der Waals surface area (Å²) in [6.07, 6.45) is 8.21. The molecule has 0 aromatic heterocycles. The monoisotopic (exact) mass is 272 g/mol. The summed E-state index contributed by atoms with van der Waals surface area (Å²) in [6, 6.07) is 0. The zero-order chi connectivity index (χ0) is 13.4. The van der Waals surface area contributed by atoms with Crippen LogP contribution >= 0.6 is 11.8 Å². The molecule has 0 saturated heterocycles. The van der Waals surface area contributed by atoms with Crippen molar-refractivity contribution in [2.24, 2.45) is 11.7 Å². The van der Waals surface area contributed by atoms with E-state index in [2.05, 4.69) is 12.2 Å². The molecule has 1 saturated carbocycles. The second kappa shape index (κ2) is 8.05. The maximum Gasteiger partial charge on any atom is 0.238 e. The summed E-state index contributed by atoms with van der Waals surface area (Å²) in [5.74, 6) is 2.68. The first-order valence-electron chi connectivity index (χ1n) is 7.24. The Bertz CT molecular complexity index is 260. The van der Waals surface area contributed by atoms with Gasteiger partial charge in [0, 0.05) is 0 Å². The lowest BCUT2D eigenvalue weighted by atomic mass is 9.84. The summed E-state index contributed by atoms with van der Waals surface area (Å²) < 4.78 is 0. The molecule has 1 rings (SSSR count). The number of thioether (sulfide) groups is 1. The average molecular weight is 272 g/mol. The van der Waals surface area contributed by atoms with Crippen molar-refractivity contribution < 1.29 is 4.79 Å². The van der Waals surface area contributed by atoms with Crippen LogP contribution in [0.3, 0.4) is 0 Å². The SMILES string of the molecule is CCCCCSCCC1CCCC1(NC)C(N)=O. The van der Waals surface area contributed by atoms with E-state index in [-0.39, 0.29) is 5.91 Å². The maximum atomic E-state index is 11.7. The molecule has 0 spiro atoms. The Kier molecular flexibility index (Phi) is 7.08. The summed E-state index contributed by atoms with van der Waals surface area (Å²) in [5.41, 5.74) is 5.17. The molecule has 1 fully saturated rings. The Morgan fingerprint density at radius 1 is 1.44 bits per heavy atom. The van der Waals surface area contributed by atoms with E-state index in [9.17, 15) is 4.79 Å². The Morgan fingerprint density at radius 3 is 2.83 bits per heavy atom. The second-order valence-electron chi connectivity index (χ2n) is 5.28. The topological polar surface area (TPSA) is 55.1 Å². The van der Waals surface area contributed by atoms with Crippen LogP contribution < -0.4 is 11.1 Å². The van der Waals surface area contributed by atoms with Gasteiger partial charge in [-0.3, -0.25) is 4.79 Å². The first-order chi connectivity index (χ1) is 8.67. The van der Waals surface area contributed by atoms with Crippen LogP contribution in [0.15, 0.2) is 0 Å². The molecule has 106 valence electrons. The van der Waals surface area contributed by atoms with Gasteiger partial charge in [-0.05, 0) is 50.2 Å². The number of hydrogen-bond donors (Lipinski definition) is 2. The third-order valence-electron chi connectivity index (χ3n) is 4.21. The van der Waals surface area contributed by atoms with Crippen LogP contribution in [0, 0.1) is 5.92 Å². The summed E-state index contributed by atoms with van der Waals surface area (Å²) in [7, 11) is 1.87. The van der Waals surface area contributed by atoms with Crippen molar-refractivity contribution in [1.82, 2.24) is 5.32 Å². The number of rotatable bonds is 9. The molecule has 0 aromatic rings. The number of likely N-dealkylation sites (N-methyl/N-ethyl adjacent to an activating group) is 1. The van der Waals surface area contributed by atoms with Gasteiger partial charge in [0.1, 0.15) is 5.54 Å². The third kappa shape index (κ3) is 3.89. The highest BCUT2D eigenvalue weighted by Crippen LogP contribution is 2.38. The predicted octanol–water partition coefficient (Wildman–Crippen LogP) is 2.54. The standard InChI is InChI=1S/C14H28N2OS/c1-3-4-5-10-18-11-8-12-7-6-9-14(12,16-2)13(15)17/h12,16H,3-11H2,1-2H3,(H2,15,17). The van der Waals surface area contributed by atoms with Crippen LogP contribution in [0.1, 0.15) is 51.9 Å². The molecule has 1 amide bonds. The van der Waals surface area contributed by atoms with Gasteiger partial charge in [0.15, 0.2) is 0 Å². The number of nitrogens with one attached hydrogen (secondary N) is 1. The minimum absolute atomic E-state index is 0.163. The van der Waals surface area contributed by atoms with Crippen LogP contribution in [0.4, 0.5) is 0 Å². The lowest BCUT2D eigenvalue weighted by molar-refractivity contribution is -0.125. The first kappa shape index (κ1) is 15.8. The number of carbonyl (C=O) groups excluding carboxylic acids is 1. The molecular weight excluding hydrogens is 244 g/mol. The van der Waals surface area contributed by atoms with E-state index in [0.29, 0.717) is 5.92 Å². The molecule has 2 unspecified atom stereocenters. The second-order valence-corrected chi connectivity index (χ2v) is 6.51. The quantitative estimate of drug-likeness (QED) is 0.634. The van der Waals surface area contributed by atoms with E-state index in [4.69, 9.17) is 5.73 Å². The van der Waals surface area contributed by atoms with Gasteiger partial charge >= 0.3 is 0 Å². The van der Waals surface area contributed by atoms with Crippen molar-refractivity contribution in [3.05, 3.63) is 0 Å². The van der Waals surface area contributed by atoms with E-state index in [1.807, 2.05) is 18.8 Å². The van der Waals surface area contributed by atoms with Gasteiger partial charge in [-0.25, -0.2) is 0 Å². The number of amides is 1. The summed E-state index contributed by atoms with van der Waals surface area (Å²) in [4.78, 5) is 11.7. The average Bonchev–Trinajstić information content (AvgIpc) is 2.77.